The molecule has 22 heavy (non-hydrogen) atoms. The quantitative estimate of drug-likeness (QED) is 0.637. The maximum absolute atomic E-state index is 11.9. The summed E-state index contributed by atoms with van der Waals surface area (Å²) in [5.74, 6) is -0.916. The van der Waals surface area contributed by atoms with Crippen LogP contribution in [0, 0.1) is 6.92 Å². The van der Waals surface area contributed by atoms with Crippen molar-refractivity contribution < 1.29 is 21.9 Å². The molecule has 1 heterocycles. The van der Waals surface area contributed by atoms with Gasteiger partial charge in [-0.1, -0.05) is 23.2 Å². The first-order valence-corrected chi connectivity index (χ1v) is 7.87. The third kappa shape index (κ3) is 2.95. The first kappa shape index (κ1) is 16.8. The third-order valence-electron chi connectivity index (χ3n) is 2.95. The minimum atomic E-state index is -4.81. The smallest absolute Gasteiger partial charge is 0.360 e. The molecule has 0 saturated carbocycles. The number of rotatable bonds is 3. The van der Waals surface area contributed by atoms with Gasteiger partial charge in [-0.3, -0.25) is 14.1 Å². The summed E-state index contributed by atoms with van der Waals surface area (Å²) in [5, 5.41) is -0.126. The Morgan fingerprint density at radius 1 is 1.36 bits per heavy atom. The second-order valence-electron chi connectivity index (χ2n) is 4.44. The van der Waals surface area contributed by atoms with Gasteiger partial charge < -0.3 is 9.17 Å². The van der Waals surface area contributed by atoms with Crippen LogP contribution in [0.1, 0.15) is 22.8 Å². The van der Waals surface area contributed by atoms with Gasteiger partial charge in [-0.2, -0.15) is 8.42 Å². The average molecular weight is 366 g/mol. The van der Waals surface area contributed by atoms with E-state index in [0.717, 1.165) is 6.07 Å². The van der Waals surface area contributed by atoms with Crippen LogP contribution in [0.2, 0.25) is 10.0 Å². The number of aromatic nitrogens is 1. The van der Waals surface area contributed by atoms with E-state index in [4.69, 9.17) is 27.8 Å². The standard InChI is InChI=1S/C12H9Cl2NO6S/c1-4-8(5(2)16)12(17)15-11-6(13)3-7(10(14)9(4)11)21-22(18,19)20/h3H,1-2H3,(H,15,17)(H,18,19,20). The second kappa shape index (κ2) is 5.54. The van der Waals surface area contributed by atoms with Crippen molar-refractivity contribution in [2.45, 2.75) is 13.8 Å². The summed E-state index contributed by atoms with van der Waals surface area (Å²) in [7, 11) is -4.81. The monoisotopic (exact) mass is 365 g/mol. The molecular formula is C12H9Cl2NO6S. The first-order chi connectivity index (χ1) is 10.0. The van der Waals surface area contributed by atoms with E-state index in [2.05, 4.69) is 9.17 Å². The van der Waals surface area contributed by atoms with Crippen molar-refractivity contribution >= 4 is 50.3 Å². The van der Waals surface area contributed by atoms with Crippen molar-refractivity contribution in [1.29, 1.82) is 0 Å². The highest BCUT2D eigenvalue weighted by molar-refractivity contribution is 7.81. The van der Waals surface area contributed by atoms with Crippen LogP contribution >= 0.6 is 23.2 Å². The molecule has 2 N–H and O–H groups in total. The minimum Gasteiger partial charge on any atom is -0.360 e. The lowest BCUT2D eigenvalue weighted by molar-refractivity contribution is 0.101. The summed E-state index contributed by atoms with van der Waals surface area (Å²) >= 11 is 12.0. The van der Waals surface area contributed by atoms with E-state index in [-0.39, 0.29) is 32.1 Å². The lowest BCUT2D eigenvalue weighted by Gasteiger charge is -2.12. The number of halogens is 2. The fraction of sp³-hybridized carbons (Fsp3) is 0.167. The molecule has 1 aromatic heterocycles. The van der Waals surface area contributed by atoms with Crippen LogP contribution in [0.3, 0.4) is 0 Å². The molecule has 0 saturated heterocycles. The van der Waals surface area contributed by atoms with E-state index >= 15 is 0 Å². The molecule has 118 valence electrons. The number of hydrogen-bond acceptors (Lipinski definition) is 5. The molecule has 7 nitrogen and oxygen atoms in total. The Labute approximate surface area is 134 Å². The summed E-state index contributed by atoms with van der Waals surface area (Å²) in [4.78, 5) is 25.9. The van der Waals surface area contributed by atoms with Crippen molar-refractivity contribution in [3.63, 3.8) is 0 Å². The zero-order valence-electron chi connectivity index (χ0n) is 11.2. The van der Waals surface area contributed by atoms with Gasteiger partial charge in [-0.25, -0.2) is 0 Å². The number of aromatic amines is 1. The van der Waals surface area contributed by atoms with Gasteiger partial charge in [0.2, 0.25) is 0 Å². The van der Waals surface area contributed by atoms with Crippen molar-refractivity contribution in [3.05, 3.63) is 37.6 Å². The molecule has 0 unspecified atom stereocenters. The number of hydrogen-bond donors (Lipinski definition) is 2. The largest absolute Gasteiger partial charge is 0.446 e. The number of benzene rings is 1. The van der Waals surface area contributed by atoms with Crippen LogP contribution in [-0.2, 0) is 10.4 Å². The highest BCUT2D eigenvalue weighted by Crippen LogP contribution is 2.39. The molecule has 0 bridgehead atoms. The first-order valence-electron chi connectivity index (χ1n) is 5.75. The van der Waals surface area contributed by atoms with Gasteiger partial charge in [0.05, 0.1) is 21.1 Å². The van der Waals surface area contributed by atoms with E-state index in [1.807, 2.05) is 0 Å². The van der Waals surface area contributed by atoms with Crippen LogP contribution in [0.4, 0.5) is 0 Å². The van der Waals surface area contributed by atoms with Gasteiger partial charge in [-0.15, -0.1) is 0 Å². The third-order valence-corrected chi connectivity index (χ3v) is 4.01. The van der Waals surface area contributed by atoms with Gasteiger partial charge >= 0.3 is 10.4 Å². The predicted octanol–water partition coefficient (Wildman–Crippen LogP) is 2.53. The number of carbonyl (C=O) groups is 1. The Morgan fingerprint density at radius 2 is 1.95 bits per heavy atom. The molecule has 0 amide bonds. The molecule has 0 aliphatic heterocycles. The molecule has 0 atom stereocenters. The molecule has 0 spiro atoms. The molecule has 0 radical (unpaired) electrons. The van der Waals surface area contributed by atoms with Gasteiger partial charge in [0.15, 0.2) is 11.5 Å². The lowest BCUT2D eigenvalue weighted by atomic mass is 10.0. The second-order valence-corrected chi connectivity index (χ2v) is 6.25. The average Bonchev–Trinajstić information content (AvgIpc) is 2.32. The van der Waals surface area contributed by atoms with Crippen LogP contribution in [-0.4, -0.2) is 23.7 Å². The fourth-order valence-corrected chi connectivity index (χ4v) is 3.12. The van der Waals surface area contributed by atoms with E-state index in [0.29, 0.717) is 0 Å². The van der Waals surface area contributed by atoms with Crippen molar-refractivity contribution in [2.24, 2.45) is 0 Å². The summed E-state index contributed by atoms with van der Waals surface area (Å²) in [6.45, 7) is 2.67. The number of carbonyl (C=O) groups excluding carboxylic acids is 1. The van der Waals surface area contributed by atoms with Gasteiger partial charge in [-0.05, 0) is 19.4 Å². The van der Waals surface area contributed by atoms with E-state index in [1.165, 1.54) is 13.8 Å². The number of ketones is 1. The lowest BCUT2D eigenvalue weighted by Crippen LogP contribution is -2.18. The normalized spacial score (nSPS) is 11.7. The SMILES string of the molecule is CC(=O)c1c(C)c2c(Cl)c(OS(=O)(=O)O)cc(Cl)c2[nH]c1=O. The summed E-state index contributed by atoms with van der Waals surface area (Å²) < 4.78 is 34.8. The maximum atomic E-state index is 11.9. The Balaban J connectivity index is 2.96. The molecule has 0 aliphatic rings. The highest BCUT2D eigenvalue weighted by Gasteiger charge is 2.21. The van der Waals surface area contributed by atoms with Gasteiger partial charge in [0.25, 0.3) is 5.56 Å². The fourth-order valence-electron chi connectivity index (χ4n) is 2.15. The molecule has 0 fully saturated rings. The number of nitrogens with one attached hydrogen (secondary N) is 1. The number of pyridine rings is 1. The highest BCUT2D eigenvalue weighted by atomic mass is 35.5. The van der Waals surface area contributed by atoms with Crippen LogP contribution in [0.25, 0.3) is 10.9 Å². The van der Waals surface area contributed by atoms with Crippen LogP contribution < -0.4 is 9.74 Å². The maximum Gasteiger partial charge on any atom is 0.446 e. The Bertz CT molecular complexity index is 964. The Morgan fingerprint density at radius 3 is 2.45 bits per heavy atom. The van der Waals surface area contributed by atoms with Crippen molar-refractivity contribution in [2.75, 3.05) is 0 Å². The summed E-state index contributed by atoms with van der Waals surface area (Å²) in [6.07, 6.45) is 0. The summed E-state index contributed by atoms with van der Waals surface area (Å²) in [6, 6.07) is 1.03. The van der Waals surface area contributed by atoms with E-state index in [9.17, 15) is 18.0 Å². The summed E-state index contributed by atoms with van der Waals surface area (Å²) in [5.41, 5.74) is -0.422. The molecule has 2 rings (SSSR count). The Kier molecular flexibility index (Phi) is 4.22. The zero-order valence-corrected chi connectivity index (χ0v) is 13.6. The van der Waals surface area contributed by atoms with Gasteiger partial charge in [0.1, 0.15) is 0 Å². The van der Waals surface area contributed by atoms with Crippen LogP contribution in [0.15, 0.2) is 10.9 Å². The predicted molar refractivity (Wildman–Crippen MR) is 81.5 cm³/mol. The van der Waals surface area contributed by atoms with E-state index < -0.39 is 27.5 Å². The molecule has 1 aromatic carbocycles. The number of fused-ring (bicyclic) bond motifs is 1. The Hall–Kier alpha value is -1.61. The number of Topliss-reactive ketones (excluding diaryl/α,β-unsaturated/α-hetero) is 1. The van der Waals surface area contributed by atoms with Gasteiger partial charge in [0, 0.05) is 11.5 Å². The van der Waals surface area contributed by atoms with E-state index in [1.54, 1.807) is 0 Å². The topological polar surface area (TPSA) is 114 Å². The van der Waals surface area contributed by atoms with Crippen molar-refractivity contribution in [3.8, 4) is 5.75 Å². The van der Waals surface area contributed by atoms with Crippen molar-refractivity contribution in [1.82, 2.24) is 4.98 Å². The zero-order chi connectivity index (χ0) is 16.8. The molecule has 2 aromatic rings. The van der Waals surface area contributed by atoms with Crippen LogP contribution in [0.5, 0.6) is 5.75 Å². The minimum absolute atomic E-state index is 0.0617. The molecular weight excluding hydrogens is 357 g/mol. The number of H-pyrrole nitrogens is 1. The molecule has 0 aliphatic carbocycles. The molecule has 10 heteroatoms. The number of aryl methyl sites for hydroxylation is 1.